The molecule has 4 rings (SSSR count). The number of allylic oxidation sites excluding steroid dienone is 2. The predicted molar refractivity (Wildman–Crippen MR) is 178 cm³/mol. The van der Waals surface area contributed by atoms with Crippen molar-refractivity contribution in [3.8, 4) is 5.69 Å². The molecule has 0 bridgehead atoms. The largest absolute Gasteiger partial charge is 0.345 e. The molecule has 2 aromatic carbocycles. The van der Waals surface area contributed by atoms with Gasteiger partial charge in [0.1, 0.15) is 5.84 Å². The number of aliphatic imine (C=N–C) groups is 1. The van der Waals surface area contributed by atoms with Gasteiger partial charge in [0, 0.05) is 53.8 Å². The molecule has 0 fully saturated rings. The number of aromatic nitrogens is 3. The van der Waals surface area contributed by atoms with Crippen LogP contribution in [-0.4, -0.2) is 35.3 Å². The first-order valence-electron chi connectivity index (χ1n) is 13.5. The molecular formula is C33H36BFN6S. The van der Waals surface area contributed by atoms with E-state index in [0.29, 0.717) is 5.56 Å². The summed E-state index contributed by atoms with van der Waals surface area (Å²) in [5.74, 6) is 0.754. The molecule has 2 heterocycles. The second-order valence-corrected chi connectivity index (χ2v) is 11.5. The molecule has 42 heavy (non-hydrogen) atoms. The molecule has 6 nitrogen and oxygen atoms in total. The molecule has 1 N–H and O–H groups in total. The van der Waals surface area contributed by atoms with Gasteiger partial charge in [-0.2, -0.15) is 0 Å². The van der Waals surface area contributed by atoms with E-state index in [1.165, 1.54) is 11.9 Å². The summed E-state index contributed by atoms with van der Waals surface area (Å²) >= 11 is 1.49. The average Bonchev–Trinajstić information content (AvgIpc) is 3.42. The lowest BCUT2D eigenvalue weighted by atomic mass is 9.79. The minimum absolute atomic E-state index is 0.582. The molecule has 0 saturated heterocycles. The maximum Gasteiger partial charge on any atom is 0.155 e. The number of aryl methyl sites for hydroxylation is 2. The Balaban J connectivity index is 1.50. The van der Waals surface area contributed by atoms with Crippen LogP contribution in [0.5, 0.6) is 0 Å². The lowest BCUT2D eigenvalue weighted by Gasteiger charge is -2.26. The number of pyridine rings is 1. The third-order valence-corrected chi connectivity index (χ3v) is 7.85. The Morgan fingerprint density at radius 1 is 1.17 bits per heavy atom. The van der Waals surface area contributed by atoms with Gasteiger partial charge in [0.25, 0.3) is 0 Å². The summed E-state index contributed by atoms with van der Waals surface area (Å²) in [6, 6.07) is 15.8. The van der Waals surface area contributed by atoms with Crippen LogP contribution in [-0.2, 0) is 5.57 Å². The zero-order chi connectivity index (χ0) is 30.4. The molecule has 0 aliphatic heterocycles. The van der Waals surface area contributed by atoms with Gasteiger partial charge in [-0.15, -0.1) is 0 Å². The van der Waals surface area contributed by atoms with Crippen molar-refractivity contribution >= 4 is 42.6 Å². The molecule has 9 heteroatoms. The van der Waals surface area contributed by atoms with Crippen molar-refractivity contribution in [2.75, 3.05) is 11.9 Å². The van der Waals surface area contributed by atoms with Crippen LogP contribution >= 0.6 is 11.9 Å². The highest BCUT2D eigenvalue weighted by Crippen LogP contribution is 2.33. The van der Waals surface area contributed by atoms with Gasteiger partial charge < -0.3 is 14.2 Å². The van der Waals surface area contributed by atoms with E-state index in [2.05, 4.69) is 58.0 Å². The molecule has 4 aromatic rings. The van der Waals surface area contributed by atoms with Crippen LogP contribution < -0.4 is 9.62 Å². The van der Waals surface area contributed by atoms with Gasteiger partial charge in [0.2, 0.25) is 0 Å². The minimum Gasteiger partial charge on any atom is -0.345 e. The Morgan fingerprint density at radius 2 is 1.95 bits per heavy atom. The van der Waals surface area contributed by atoms with E-state index in [0.717, 1.165) is 55.8 Å². The molecular weight excluding hydrogens is 542 g/mol. The van der Waals surface area contributed by atoms with E-state index in [-0.39, 0.29) is 0 Å². The maximum atomic E-state index is 15.1. The van der Waals surface area contributed by atoms with Gasteiger partial charge in [0.15, 0.2) is 7.85 Å². The van der Waals surface area contributed by atoms with E-state index in [1.54, 1.807) is 39.7 Å². The Bertz CT molecular complexity index is 1650. The number of nitrogens with one attached hydrogen (secondary N) is 1. The number of halogens is 1. The smallest absolute Gasteiger partial charge is 0.155 e. The molecule has 2 aromatic heterocycles. The maximum absolute atomic E-state index is 15.1. The van der Waals surface area contributed by atoms with Crippen LogP contribution in [0.2, 0.25) is 0 Å². The molecule has 0 saturated carbocycles. The van der Waals surface area contributed by atoms with Crippen LogP contribution in [0.3, 0.4) is 0 Å². The fourth-order valence-electron chi connectivity index (χ4n) is 4.13. The number of hydrogen-bond donors (Lipinski definition) is 1. The second-order valence-electron chi connectivity index (χ2n) is 10.6. The number of hydrogen-bond acceptors (Lipinski definition) is 5. The third-order valence-electron chi connectivity index (χ3n) is 6.80. The number of amidine groups is 1. The van der Waals surface area contributed by atoms with Crippen molar-refractivity contribution in [3.63, 3.8) is 0 Å². The van der Waals surface area contributed by atoms with Gasteiger partial charge in [-0.1, -0.05) is 31.4 Å². The van der Waals surface area contributed by atoms with Crippen molar-refractivity contribution in [1.82, 2.24) is 19.3 Å². The SMILES string of the molecule is BC(C)(F)c1cc(N(C)C(=C)c2ccc(C)c(SN/C(C)=N/C=C\C(=C)c3cccnc3)c2)cc(-n2cnc(C)c2)c1. The summed E-state index contributed by atoms with van der Waals surface area (Å²) in [7, 11) is 3.52. The molecule has 0 amide bonds. The highest BCUT2D eigenvalue weighted by molar-refractivity contribution is 7.98. The van der Waals surface area contributed by atoms with Crippen LogP contribution in [0.25, 0.3) is 17.0 Å². The van der Waals surface area contributed by atoms with Gasteiger partial charge >= 0.3 is 0 Å². The predicted octanol–water partition coefficient (Wildman–Crippen LogP) is 7.01. The Labute approximate surface area is 253 Å². The van der Waals surface area contributed by atoms with Crippen LogP contribution in [0, 0.1) is 13.8 Å². The molecule has 1 atom stereocenters. The minimum atomic E-state index is -1.51. The fourth-order valence-corrected chi connectivity index (χ4v) is 4.85. The third kappa shape index (κ3) is 7.67. The van der Waals surface area contributed by atoms with Crippen molar-refractivity contribution < 1.29 is 4.39 Å². The fraction of sp³-hybridized carbons (Fsp3) is 0.182. The van der Waals surface area contributed by atoms with E-state index < -0.39 is 5.57 Å². The monoisotopic (exact) mass is 578 g/mol. The molecule has 0 aliphatic rings. The Morgan fingerprint density at radius 3 is 2.62 bits per heavy atom. The number of nitrogens with zero attached hydrogens (tertiary/aromatic N) is 5. The molecule has 0 radical (unpaired) electrons. The molecule has 1 unspecified atom stereocenters. The first-order chi connectivity index (χ1) is 19.9. The van der Waals surface area contributed by atoms with Gasteiger partial charge in [-0.05, 0) is 104 Å². The van der Waals surface area contributed by atoms with Crippen molar-refractivity contribution in [2.45, 2.75) is 38.2 Å². The number of anilines is 1. The van der Waals surface area contributed by atoms with Gasteiger partial charge in [0.05, 0.1) is 17.6 Å². The van der Waals surface area contributed by atoms with E-state index >= 15 is 4.39 Å². The summed E-state index contributed by atoms with van der Waals surface area (Å²) in [5, 5.41) is 0. The van der Waals surface area contributed by atoms with E-state index in [1.807, 2.05) is 73.0 Å². The first-order valence-corrected chi connectivity index (χ1v) is 14.4. The Hall–Kier alpha value is -4.37. The van der Waals surface area contributed by atoms with Crippen molar-refractivity contribution in [2.24, 2.45) is 4.99 Å². The molecule has 0 spiro atoms. The van der Waals surface area contributed by atoms with Gasteiger partial charge in [-0.25, -0.2) is 14.4 Å². The highest BCUT2D eigenvalue weighted by Gasteiger charge is 2.22. The van der Waals surface area contributed by atoms with E-state index in [4.69, 9.17) is 0 Å². The number of imidazole rings is 1. The molecule has 0 aliphatic carbocycles. The topological polar surface area (TPSA) is 58.3 Å². The normalized spacial score (nSPS) is 13.1. The first kappa shape index (κ1) is 30.6. The quantitative estimate of drug-likeness (QED) is 0.0722. The van der Waals surface area contributed by atoms with Crippen LogP contribution in [0.15, 0.2) is 109 Å². The summed E-state index contributed by atoms with van der Waals surface area (Å²) in [6.07, 6.45) is 10.8. The standard InChI is InChI=1S/C33H36BFN6S/c1-22(28-9-8-13-36-19-28)12-14-37-26(5)39-42-32-15-27(11-10-23(32)2)25(4)40(7)30-16-29(33(6,34)35)17-31(18-30)41-20-24(3)38-21-41/h8-21H,1,4,34H2,2-3,5-7H3,(H,37,39)/b14-12-. The summed E-state index contributed by atoms with van der Waals surface area (Å²) in [4.78, 5) is 16.0. The second kappa shape index (κ2) is 13.1. The average molecular weight is 579 g/mol. The van der Waals surface area contributed by atoms with Crippen molar-refractivity contribution in [1.29, 1.82) is 0 Å². The highest BCUT2D eigenvalue weighted by atomic mass is 32.2. The van der Waals surface area contributed by atoms with Crippen LogP contribution in [0.4, 0.5) is 10.1 Å². The summed E-state index contributed by atoms with van der Waals surface area (Å²) < 4.78 is 20.4. The van der Waals surface area contributed by atoms with Crippen molar-refractivity contribution in [3.05, 3.63) is 127 Å². The lowest BCUT2D eigenvalue weighted by Crippen LogP contribution is -2.19. The number of benzene rings is 2. The molecule has 214 valence electrons. The number of alkyl halides is 1. The zero-order valence-electron chi connectivity index (χ0n) is 25.0. The van der Waals surface area contributed by atoms with Crippen LogP contribution in [0.1, 0.15) is 41.8 Å². The lowest BCUT2D eigenvalue weighted by molar-refractivity contribution is 0.313. The Kier molecular flexibility index (Phi) is 9.53. The van der Waals surface area contributed by atoms with Gasteiger partial charge in [-0.3, -0.25) is 4.98 Å². The van der Waals surface area contributed by atoms with E-state index in [9.17, 15) is 0 Å². The zero-order valence-corrected chi connectivity index (χ0v) is 25.8. The summed E-state index contributed by atoms with van der Waals surface area (Å²) in [5.41, 5.74) is 6.30. The number of rotatable bonds is 10. The summed E-state index contributed by atoms with van der Waals surface area (Å²) in [6.45, 7) is 15.9.